The van der Waals surface area contributed by atoms with Crippen LogP contribution in [0.2, 0.25) is 0 Å². The Bertz CT molecular complexity index is 1050. The number of rotatable bonds is 6. The van der Waals surface area contributed by atoms with Gasteiger partial charge in [0.15, 0.2) is 11.5 Å². The number of ether oxygens (including phenoxy) is 3. The van der Waals surface area contributed by atoms with E-state index in [4.69, 9.17) is 18.6 Å². The van der Waals surface area contributed by atoms with E-state index in [1.807, 2.05) is 12.1 Å². The topological polar surface area (TPSA) is 79.9 Å². The second-order valence-corrected chi connectivity index (χ2v) is 5.63. The average molecular weight is 357 g/mol. The van der Waals surface area contributed by atoms with Gasteiger partial charge in [-0.1, -0.05) is 6.07 Å². The van der Waals surface area contributed by atoms with E-state index in [0.29, 0.717) is 29.1 Å². The van der Waals surface area contributed by atoms with Gasteiger partial charge in [0, 0.05) is 12.6 Å². The van der Waals surface area contributed by atoms with E-state index < -0.39 is 5.76 Å². The van der Waals surface area contributed by atoms with Gasteiger partial charge in [0.1, 0.15) is 11.3 Å². The van der Waals surface area contributed by atoms with Crippen molar-refractivity contribution in [1.29, 1.82) is 0 Å². The van der Waals surface area contributed by atoms with Crippen LogP contribution < -0.4 is 25.5 Å². The summed E-state index contributed by atoms with van der Waals surface area (Å²) in [4.78, 5) is 24.8. The predicted molar refractivity (Wildman–Crippen MR) is 96.5 cm³/mol. The van der Waals surface area contributed by atoms with Crippen molar-refractivity contribution >= 4 is 11.0 Å². The molecule has 2 aromatic carbocycles. The van der Waals surface area contributed by atoms with E-state index in [2.05, 4.69) is 0 Å². The molecule has 0 bridgehead atoms. The maximum atomic E-state index is 12.6. The minimum absolute atomic E-state index is 0.193. The molecule has 0 saturated heterocycles. The molecule has 0 radical (unpaired) electrons. The van der Waals surface area contributed by atoms with Crippen LogP contribution in [0.4, 0.5) is 0 Å². The Morgan fingerprint density at radius 2 is 1.69 bits per heavy atom. The van der Waals surface area contributed by atoms with E-state index >= 15 is 0 Å². The first-order chi connectivity index (χ1) is 12.6. The predicted octanol–water partition coefficient (Wildman–Crippen LogP) is 2.22. The van der Waals surface area contributed by atoms with E-state index in [0.717, 1.165) is 10.1 Å². The molecular formula is C19H19NO6. The highest BCUT2D eigenvalue weighted by Crippen LogP contribution is 2.27. The summed E-state index contributed by atoms with van der Waals surface area (Å²) in [5.41, 5.74) is 0.727. The van der Waals surface area contributed by atoms with Gasteiger partial charge in [0.25, 0.3) is 5.56 Å². The lowest BCUT2D eigenvalue weighted by Crippen LogP contribution is -2.33. The zero-order valence-corrected chi connectivity index (χ0v) is 14.8. The molecule has 7 nitrogen and oxygen atoms in total. The first-order valence-corrected chi connectivity index (χ1v) is 8.00. The molecule has 0 aliphatic carbocycles. The van der Waals surface area contributed by atoms with Crippen LogP contribution >= 0.6 is 0 Å². The smallest absolute Gasteiger partial charge is 0.422 e. The van der Waals surface area contributed by atoms with Crippen LogP contribution in [0.1, 0.15) is 5.56 Å². The molecule has 0 amide bonds. The highest BCUT2D eigenvalue weighted by molar-refractivity contribution is 5.76. The van der Waals surface area contributed by atoms with Crippen LogP contribution in [0.25, 0.3) is 11.0 Å². The summed E-state index contributed by atoms with van der Waals surface area (Å²) >= 11 is 0. The highest BCUT2D eigenvalue weighted by atomic mass is 16.5. The van der Waals surface area contributed by atoms with Crippen molar-refractivity contribution in [3.63, 3.8) is 0 Å². The molecule has 0 aliphatic rings. The quantitative estimate of drug-likeness (QED) is 0.673. The van der Waals surface area contributed by atoms with E-state index in [-0.39, 0.29) is 17.7 Å². The molecule has 0 saturated carbocycles. The second-order valence-electron chi connectivity index (χ2n) is 5.63. The molecule has 0 spiro atoms. The van der Waals surface area contributed by atoms with Gasteiger partial charge in [-0.3, -0.25) is 4.79 Å². The van der Waals surface area contributed by atoms with E-state index in [9.17, 15) is 9.59 Å². The number of fused-ring (bicyclic) bond motifs is 1. The fourth-order valence-electron chi connectivity index (χ4n) is 2.74. The molecule has 0 fully saturated rings. The number of hydrogen-bond donors (Lipinski definition) is 0. The number of aromatic nitrogens is 1. The number of hydrogen-bond acceptors (Lipinski definition) is 6. The monoisotopic (exact) mass is 357 g/mol. The second kappa shape index (κ2) is 7.35. The van der Waals surface area contributed by atoms with Gasteiger partial charge in [-0.15, -0.1) is 0 Å². The number of methoxy groups -OCH3 is 3. The number of aryl methyl sites for hydroxylation is 1. The van der Waals surface area contributed by atoms with Crippen LogP contribution in [-0.4, -0.2) is 25.9 Å². The van der Waals surface area contributed by atoms with E-state index in [1.54, 1.807) is 32.4 Å². The van der Waals surface area contributed by atoms with Crippen LogP contribution in [0, 0.1) is 0 Å². The summed E-state index contributed by atoms with van der Waals surface area (Å²) in [5.74, 6) is 1.03. The Morgan fingerprint density at radius 1 is 0.923 bits per heavy atom. The first-order valence-electron chi connectivity index (χ1n) is 8.00. The van der Waals surface area contributed by atoms with Gasteiger partial charge < -0.3 is 18.6 Å². The molecular weight excluding hydrogens is 338 g/mol. The minimum Gasteiger partial charge on any atom is -0.497 e. The van der Waals surface area contributed by atoms with Crippen molar-refractivity contribution in [2.24, 2.45) is 0 Å². The maximum Gasteiger partial charge on any atom is 0.422 e. The lowest BCUT2D eigenvalue weighted by atomic mass is 10.1. The molecule has 3 aromatic rings. The highest BCUT2D eigenvalue weighted by Gasteiger charge is 2.11. The fourth-order valence-corrected chi connectivity index (χ4v) is 2.74. The molecule has 26 heavy (non-hydrogen) atoms. The van der Waals surface area contributed by atoms with Crippen molar-refractivity contribution in [3.8, 4) is 17.2 Å². The molecule has 136 valence electrons. The van der Waals surface area contributed by atoms with Crippen LogP contribution in [0.3, 0.4) is 0 Å². The lowest BCUT2D eigenvalue weighted by molar-refractivity contribution is 0.354. The Kier molecular flexibility index (Phi) is 4.97. The number of benzene rings is 2. The van der Waals surface area contributed by atoms with Crippen LogP contribution in [0.15, 0.2) is 50.4 Å². The van der Waals surface area contributed by atoms with Crippen LogP contribution in [0.5, 0.6) is 17.2 Å². The lowest BCUT2D eigenvalue weighted by Gasteiger charge is -2.10. The molecule has 0 unspecified atom stereocenters. The third kappa shape index (κ3) is 3.28. The largest absolute Gasteiger partial charge is 0.497 e. The normalized spacial score (nSPS) is 10.7. The van der Waals surface area contributed by atoms with Gasteiger partial charge in [-0.05, 0) is 36.2 Å². The van der Waals surface area contributed by atoms with Gasteiger partial charge in [-0.2, -0.15) is 0 Å². The van der Waals surface area contributed by atoms with E-state index in [1.165, 1.54) is 13.2 Å². The summed E-state index contributed by atoms with van der Waals surface area (Å²) < 4.78 is 21.9. The molecule has 7 heteroatoms. The third-order valence-corrected chi connectivity index (χ3v) is 4.15. The zero-order chi connectivity index (χ0) is 18.7. The summed E-state index contributed by atoms with van der Waals surface area (Å²) in [7, 11) is 4.62. The molecule has 1 heterocycles. The fraction of sp³-hybridized carbons (Fsp3) is 0.263. The maximum absolute atomic E-state index is 12.6. The van der Waals surface area contributed by atoms with Crippen molar-refractivity contribution in [2.45, 2.75) is 13.0 Å². The molecule has 3 rings (SSSR count). The zero-order valence-electron chi connectivity index (χ0n) is 14.8. The Balaban J connectivity index is 1.92. The van der Waals surface area contributed by atoms with Crippen molar-refractivity contribution in [2.75, 3.05) is 21.3 Å². The van der Waals surface area contributed by atoms with Crippen molar-refractivity contribution in [3.05, 3.63) is 62.9 Å². The molecule has 1 aromatic heterocycles. The van der Waals surface area contributed by atoms with Gasteiger partial charge in [-0.25, -0.2) is 9.36 Å². The SMILES string of the molecule is COc1ccc2c(=O)n(CCc3ccc(OC)c(OC)c3)c(=O)oc2c1. The molecule has 0 atom stereocenters. The Morgan fingerprint density at radius 3 is 2.38 bits per heavy atom. The van der Waals surface area contributed by atoms with Gasteiger partial charge in [0.05, 0.1) is 26.7 Å². The summed E-state index contributed by atoms with van der Waals surface area (Å²) in [6.45, 7) is 0.193. The third-order valence-electron chi connectivity index (χ3n) is 4.15. The summed E-state index contributed by atoms with van der Waals surface area (Å²) in [6, 6.07) is 10.2. The first kappa shape index (κ1) is 17.6. The molecule has 0 N–H and O–H groups in total. The van der Waals surface area contributed by atoms with Crippen molar-refractivity contribution < 1.29 is 18.6 Å². The van der Waals surface area contributed by atoms with Gasteiger partial charge >= 0.3 is 5.76 Å². The van der Waals surface area contributed by atoms with Gasteiger partial charge in [0.2, 0.25) is 0 Å². The van der Waals surface area contributed by atoms with Crippen molar-refractivity contribution in [1.82, 2.24) is 4.57 Å². The number of nitrogens with zero attached hydrogens (tertiary/aromatic N) is 1. The summed E-state index contributed by atoms with van der Waals surface area (Å²) in [6.07, 6.45) is 0.465. The average Bonchev–Trinajstić information content (AvgIpc) is 2.67. The summed E-state index contributed by atoms with van der Waals surface area (Å²) in [5, 5.41) is 0.331. The minimum atomic E-state index is -0.698. The Hall–Kier alpha value is -3.22. The van der Waals surface area contributed by atoms with Crippen LogP contribution in [-0.2, 0) is 13.0 Å². The molecule has 0 aliphatic heterocycles. The standard InChI is InChI=1S/C19H19NO6/c1-23-13-5-6-14-16(11-13)26-19(22)20(18(14)21)9-8-12-4-7-15(24-2)17(10-12)25-3/h4-7,10-11H,8-9H2,1-3H3. The Labute approximate surface area is 149 Å².